The summed E-state index contributed by atoms with van der Waals surface area (Å²) in [7, 11) is -3.15. The fraction of sp³-hybridized carbons (Fsp3) is 0.200. The normalized spacial score (nSPS) is 11.6. The minimum Gasteiger partial charge on any atom is -0.309 e. The molecule has 0 aliphatic carbocycles. The Morgan fingerprint density at radius 1 is 1.00 bits per heavy atom. The first-order chi connectivity index (χ1) is 9.88. The number of sulfone groups is 1. The zero-order valence-corrected chi connectivity index (χ0v) is 13.8. The maximum atomic E-state index is 11.4. The second kappa shape index (κ2) is 6.79. The third-order valence-electron chi connectivity index (χ3n) is 3.03. The van der Waals surface area contributed by atoms with Crippen molar-refractivity contribution in [3.05, 3.63) is 63.6 Å². The first kappa shape index (κ1) is 16.3. The van der Waals surface area contributed by atoms with E-state index in [0.717, 1.165) is 11.1 Å². The van der Waals surface area contributed by atoms with Gasteiger partial charge in [-0.2, -0.15) is 0 Å². The highest BCUT2D eigenvalue weighted by molar-refractivity contribution is 7.90. The maximum Gasteiger partial charge on any atom is 0.175 e. The zero-order valence-electron chi connectivity index (χ0n) is 11.4. The van der Waals surface area contributed by atoms with Crippen molar-refractivity contribution < 1.29 is 8.42 Å². The van der Waals surface area contributed by atoms with Gasteiger partial charge in [0, 0.05) is 19.3 Å². The number of benzene rings is 2. The van der Waals surface area contributed by atoms with Crippen LogP contribution in [0.15, 0.2) is 47.4 Å². The van der Waals surface area contributed by atoms with Gasteiger partial charge in [0.25, 0.3) is 0 Å². The lowest BCUT2D eigenvalue weighted by Crippen LogP contribution is -2.13. The molecule has 0 aliphatic rings. The van der Waals surface area contributed by atoms with E-state index in [1.807, 2.05) is 12.1 Å². The van der Waals surface area contributed by atoms with E-state index >= 15 is 0 Å². The molecule has 0 aromatic heterocycles. The minimum absolute atomic E-state index is 0.323. The third kappa shape index (κ3) is 4.45. The quantitative estimate of drug-likeness (QED) is 0.900. The highest BCUT2D eigenvalue weighted by Gasteiger charge is 2.06. The number of nitrogens with one attached hydrogen (secondary N) is 1. The molecule has 21 heavy (non-hydrogen) atoms. The molecule has 2 rings (SSSR count). The van der Waals surface area contributed by atoms with Gasteiger partial charge in [0.15, 0.2) is 9.84 Å². The summed E-state index contributed by atoms with van der Waals surface area (Å²) in [5, 5.41) is 4.34. The molecular formula is C15H15Cl2NO2S. The lowest BCUT2D eigenvalue weighted by atomic mass is 10.2. The molecule has 0 unspecified atom stereocenters. The van der Waals surface area contributed by atoms with Gasteiger partial charge in [0.2, 0.25) is 0 Å². The van der Waals surface area contributed by atoms with E-state index in [1.165, 1.54) is 6.26 Å². The Labute approximate surface area is 134 Å². The maximum absolute atomic E-state index is 11.4. The van der Waals surface area contributed by atoms with Crippen molar-refractivity contribution in [1.29, 1.82) is 0 Å². The Bertz CT molecular complexity index is 728. The molecule has 3 nitrogen and oxygen atoms in total. The van der Waals surface area contributed by atoms with Crippen molar-refractivity contribution in [2.75, 3.05) is 6.26 Å². The van der Waals surface area contributed by atoms with Gasteiger partial charge < -0.3 is 5.32 Å². The second-order valence-corrected chi connectivity index (χ2v) is 7.53. The van der Waals surface area contributed by atoms with Crippen LogP contribution in [0.25, 0.3) is 0 Å². The van der Waals surface area contributed by atoms with Gasteiger partial charge in [-0.15, -0.1) is 0 Å². The standard InChI is InChI=1S/C15H15Cl2NO2S/c1-21(19,20)13-7-5-11(6-8-13)9-18-10-12-3-2-4-14(16)15(12)17/h2-8,18H,9-10H2,1H3. The van der Waals surface area contributed by atoms with Crippen LogP contribution in [0.3, 0.4) is 0 Å². The van der Waals surface area contributed by atoms with Crippen molar-refractivity contribution in [1.82, 2.24) is 5.32 Å². The van der Waals surface area contributed by atoms with Crippen LogP contribution in [0.2, 0.25) is 10.0 Å². The van der Waals surface area contributed by atoms with Gasteiger partial charge in [0.1, 0.15) is 0 Å². The molecule has 0 aliphatic heterocycles. The van der Waals surface area contributed by atoms with E-state index in [0.29, 0.717) is 28.0 Å². The second-order valence-electron chi connectivity index (χ2n) is 4.73. The molecule has 6 heteroatoms. The highest BCUT2D eigenvalue weighted by Crippen LogP contribution is 2.25. The Hall–Kier alpha value is -1.07. The average molecular weight is 344 g/mol. The van der Waals surface area contributed by atoms with Gasteiger partial charge >= 0.3 is 0 Å². The molecule has 1 N–H and O–H groups in total. The molecule has 112 valence electrons. The SMILES string of the molecule is CS(=O)(=O)c1ccc(CNCc2cccc(Cl)c2Cl)cc1. The predicted molar refractivity (Wildman–Crippen MR) is 86.6 cm³/mol. The Morgan fingerprint density at radius 2 is 1.67 bits per heavy atom. The molecule has 0 spiro atoms. The van der Waals surface area contributed by atoms with Crippen molar-refractivity contribution in [3.8, 4) is 0 Å². The van der Waals surface area contributed by atoms with Crippen molar-refractivity contribution in [2.45, 2.75) is 18.0 Å². The lowest BCUT2D eigenvalue weighted by Gasteiger charge is -2.08. The van der Waals surface area contributed by atoms with Gasteiger partial charge in [0.05, 0.1) is 14.9 Å². The molecule has 0 saturated carbocycles. The van der Waals surface area contributed by atoms with E-state index in [2.05, 4.69) is 5.32 Å². The monoisotopic (exact) mass is 343 g/mol. The number of hydrogen-bond acceptors (Lipinski definition) is 3. The third-order valence-corrected chi connectivity index (χ3v) is 5.01. The molecule has 0 fully saturated rings. The van der Waals surface area contributed by atoms with Crippen LogP contribution in [0.5, 0.6) is 0 Å². The first-order valence-electron chi connectivity index (χ1n) is 6.30. The van der Waals surface area contributed by atoms with Gasteiger partial charge in [-0.3, -0.25) is 0 Å². The lowest BCUT2D eigenvalue weighted by molar-refractivity contribution is 0.602. The zero-order chi connectivity index (χ0) is 15.5. The van der Waals surface area contributed by atoms with Crippen LogP contribution in [0.1, 0.15) is 11.1 Å². The number of halogens is 2. The number of rotatable bonds is 5. The Kier molecular flexibility index (Phi) is 5.27. The van der Waals surface area contributed by atoms with Gasteiger partial charge in [-0.05, 0) is 29.3 Å². The number of hydrogen-bond donors (Lipinski definition) is 1. The summed E-state index contributed by atoms with van der Waals surface area (Å²) in [5.74, 6) is 0. The van der Waals surface area contributed by atoms with Crippen LogP contribution in [-0.2, 0) is 22.9 Å². The molecule has 0 atom stereocenters. The van der Waals surface area contributed by atoms with E-state index in [9.17, 15) is 8.42 Å². The summed E-state index contributed by atoms with van der Waals surface area (Å²) < 4.78 is 22.7. The van der Waals surface area contributed by atoms with E-state index in [-0.39, 0.29) is 0 Å². The first-order valence-corrected chi connectivity index (χ1v) is 8.95. The van der Waals surface area contributed by atoms with Crippen LogP contribution in [-0.4, -0.2) is 14.7 Å². The average Bonchev–Trinajstić information content (AvgIpc) is 2.43. The van der Waals surface area contributed by atoms with Gasteiger partial charge in [-0.1, -0.05) is 47.5 Å². The van der Waals surface area contributed by atoms with Crippen LogP contribution < -0.4 is 5.32 Å². The summed E-state index contributed by atoms with van der Waals surface area (Å²) in [5.41, 5.74) is 1.93. The smallest absolute Gasteiger partial charge is 0.175 e. The Morgan fingerprint density at radius 3 is 2.29 bits per heavy atom. The molecule has 0 amide bonds. The summed E-state index contributed by atoms with van der Waals surface area (Å²) in [6.07, 6.45) is 1.20. The van der Waals surface area contributed by atoms with Crippen molar-refractivity contribution >= 4 is 33.0 Å². The predicted octanol–water partition coefficient (Wildman–Crippen LogP) is 3.69. The summed E-state index contributed by atoms with van der Waals surface area (Å²) in [6, 6.07) is 12.3. The van der Waals surface area contributed by atoms with Crippen LogP contribution in [0.4, 0.5) is 0 Å². The largest absolute Gasteiger partial charge is 0.309 e. The topological polar surface area (TPSA) is 46.2 Å². The van der Waals surface area contributed by atoms with Gasteiger partial charge in [-0.25, -0.2) is 8.42 Å². The van der Waals surface area contributed by atoms with E-state index < -0.39 is 9.84 Å². The summed E-state index contributed by atoms with van der Waals surface area (Å²) >= 11 is 12.1. The molecule has 2 aromatic carbocycles. The molecule has 0 saturated heterocycles. The van der Waals surface area contributed by atoms with E-state index in [1.54, 1.807) is 30.3 Å². The molecule has 0 radical (unpaired) electrons. The summed E-state index contributed by atoms with van der Waals surface area (Å²) in [6.45, 7) is 1.21. The van der Waals surface area contributed by atoms with Crippen molar-refractivity contribution in [3.63, 3.8) is 0 Å². The fourth-order valence-electron chi connectivity index (χ4n) is 1.88. The Balaban J connectivity index is 1.96. The van der Waals surface area contributed by atoms with Crippen LogP contribution >= 0.6 is 23.2 Å². The van der Waals surface area contributed by atoms with E-state index in [4.69, 9.17) is 23.2 Å². The molecular weight excluding hydrogens is 329 g/mol. The van der Waals surface area contributed by atoms with Crippen LogP contribution in [0, 0.1) is 0 Å². The summed E-state index contributed by atoms with van der Waals surface area (Å²) in [4.78, 5) is 0.323. The fourth-order valence-corrected chi connectivity index (χ4v) is 2.90. The molecule has 0 bridgehead atoms. The van der Waals surface area contributed by atoms with Crippen molar-refractivity contribution in [2.24, 2.45) is 0 Å². The molecule has 2 aromatic rings. The molecule has 0 heterocycles. The minimum atomic E-state index is -3.15. The highest BCUT2D eigenvalue weighted by atomic mass is 35.5.